The van der Waals surface area contributed by atoms with Gasteiger partial charge in [0.15, 0.2) is 12.6 Å². The molecule has 0 amide bonds. The Balaban J connectivity index is 1.37. The maximum absolute atomic E-state index is 11.1. The fourth-order valence-corrected chi connectivity index (χ4v) is 5.32. The molecule has 3 aromatic rings. The summed E-state index contributed by atoms with van der Waals surface area (Å²) in [6, 6.07) is 28.5. The fraction of sp³-hybridized carbons (Fsp3) is 0.455. The van der Waals surface area contributed by atoms with Gasteiger partial charge in [0.25, 0.3) is 0 Å². The maximum Gasteiger partial charge on any atom is 0.187 e. The lowest BCUT2D eigenvalue weighted by Gasteiger charge is -2.31. The summed E-state index contributed by atoms with van der Waals surface area (Å²) in [5.74, 6) is 0. The van der Waals surface area contributed by atoms with Gasteiger partial charge in [0.2, 0.25) is 0 Å². The second kappa shape index (κ2) is 16.0. The number of ether oxygens (including phenoxy) is 6. The van der Waals surface area contributed by atoms with Gasteiger partial charge < -0.3 is 54.0 Å². The molecule has 11 nitrogen and oxygen atoms in total. The summed E-state index contributed by atoms with van der Waals surface area (Å²) >= 11 is 0. The Morgan fingerprint density at radius 2 is 1.16 bits per heavy atom. The van der Waals surface area contributed by atoms with Crippen molar-refractivity contribution < 1.29 is 54.0 Å². The van der Waals surface area contributed by atoms with E-state index in [1.807, 2.05) is 91.0 Å². The normalized spacial score (nSPS) is 29.9. The highest BCUT2D eigenvalue weighted by atomic mass is 16.7. The van der Waals surface area contributed by atoms with Crippen LogP contribution >= 0.6 is 0 Å². The van der Waals surface area contributed by atoms with Gasteiger partial charge in [-0.15, -0.1) is 0 Å². The summed E-state index contributed by atoms with van der Waals surface area (Å²) in [7, 11) is 0. The third kappa shape index (κ3) is 8.27. The van der Waals surface area contributed by atoms with Crippen LogP contribution in [0.1, 0.15) is 16.7 Å². The van der Waals surface area contributed by atoms with Crippen LogP contribution in [0.3, 0.4) is 0 Å². The lowest BCUT2D eigenvalue weighted by atomic mass is 10.0. The summed E-state index contributed by atoms with van der Waals surface area (Å²) in [5.41, 5.74) is 2.71. The molecule has 5 N–H and O–H groups in total. The number of rotatable bonds is 15. The number of hydrogen-bond acceptors (Lipinski definition) is 11. The number of aliphatic hydroxyl groups excluding tert-OH is 5. The molecular formula is C33H40O11. The zero-order chi connectivity index (χ0) is 30.9. The molecule has 2 heterocycles. The molecule has 2 saturated heterocycles. The van der Waals surface area contributed by atoms with Crippen molar-refractivity contribution in [1.29, 1.82) is 0 Å². The van der Waals surface area contributed by atoms with E-state index in [4.69, 9.17) is 28.4 Å². The second-order valence-corrected chi connectivity index (χ2v) is 10.9. The summed E-state index contributed by atoms with van der Waals surface area (Å²) < 4.78 is 36.3. The molecule has 0 bridgehead atoms. The first kappa shape index (κ1) is 32.6. The van der Waals surface area contributed by atoms with E-state index >= 15 is 0 Å². The average molecular weight is 613 g/mol. The molecule has 2 aliphatic rings. The summed E-state index contributed by atoms with van der Waals surface area (Å²) in [6.07, 6.45) is -12.3. The fourth-order valence-electron chi connectivity index (χ4n) is 5.32. The molecule has 11 heteroatoms. The van der Waals surface area contributed by atoms with Crippen LogP contribution < -0.4 is 0 Å². The van der Waals surface area contributed by atoms with E-state index < -0.39 is 68.0 Å². The summed E-state index contributed by atoms with van der Waals surface area (Å²) in [6.45, 7) is -0.135. The molecule has 10 atom stereocenters. The molecular weight excluding hydrogens is 572 g/mol. The highest BCUT2D eigenvalue weighted by Crippen LogP contribution is 2.33. The van der Waals surface area contributed by atoms with Gasteiger partial charge in [0.05, 0.1) is 33.0 Å². The van der Waals surface area contributed by atoms with E-state index in [0.29, 0.717) is 0 Å². The lowest BCUT2D eigenvalue weighted by molar-refractivity contribution is -0.244. The number of hydrogen-bond donors (Lipinski definition) is 5. The number of benzene rings is 3. The largest absolute Gasteiger partial charge is 0.394 e. The molecule has 0 saturated carbocycles. The highest BCUT2D eigenvalue weighted by molar-refractivity contribution is 5.15. The quantitative estimate of drug-likeness (QED) is 0.169. The Kier molecular flexibility index (Phi) is 11.8. The lowest BCUT2D eigenvalue weighted by Crippen LogP contribution is -2.47. The maximum atomic E-state index is 11.1. The van der Waals surface area contributed by atoms with Crippen molar-refractivity contribution >= 4 is 0 Å². The van der Waals surface area contributed by atoms with Crippen molar-refractivity contribution in [3.63, 3.8) is 0 Å². The third-order valence-electron chi connectivity index (χ3n) is 7.69. The van der Waals surface area contributed by atoms with Crippen LogP contribution in [0.4, 0.5) is 0 Å². The van der Waals surface area contributed by atoms with Gasteiger partial charge >= 0.3 is 0 Å². The Bertz CT molecular complexity index is 1230. The van der Waals surface area contributed by atoms with Crippen molar-refractivity contribution in [1.82, 2.24) is 0 Å². The van der Waals surface area contributed by atoms with E-state index in [1.165, 1.54) is 0 Å². The van der Waals surface area contributed by atoms with Gasteiger partial charge in [-0.1, -0.05) is 91.0 Å². The van der Waals surface area contributed by atoms with E-state index in [-0.39, 0.29) is 26.4 Å². The van der Waals surface area contributed by atoms with Crippen LogP contribution in [0.15, 0.2) is 91.0 Å². The van der Waals surface area contributed by atoms with E-state index in [2.05, 4.69) is 0 Å². The Labute approximate surface area is 256 Å². The molecule has 2 aliphatic heterocycles. The molecule has 0 radical (unpaired) electrons. The Morgan fingerprint density at radius 1 is 0.636 bits per heavy atom. The van der Waals surface area contributed by atoms with Gasteiger partial charge in [0.1, 0.15) is 48.8 Å². The van der Waals surface area contributed by atoms with Crippen LogP contribution in [0.2, 0.25) is 0 Å². The van der Waals surface area contributed by atoms with E-state index in [0.717, 1.165) is 16.7 Å². The zero-order valence-electron chi connectivity index (χ0n) is 24.2. The van der Waals surface area contributed by atoms with Gasteiger partial charge in [-0.3, -0.25) is 0 Å². The minimum absolute atomic E-state index is 0.0707. The highest BCUT2D eigenvalue weighted by Gasteiger charge is 2.53. The molecule has 0 aromatic heterocycles. The summed E-state index contributed by atoms with van der Waals surface area (Å²) in [5, 5.41) is 51.7. The molecule has 238 valence electrons. The molecule has 3 unspecified atom stereocenters. The molecule has 0 spiro atoms. The van der Waals surface area contributed by atoms with Crippen molar-refractivity contribution in [2.45, 2.75) is 81.2 Å². The first-order valence-electron chi connectivity index (χ1n) is 14.7. The van der Waals surface area contributed by atoms with Crippen molar-refractivity contribution in [3.8, 4) is 0 Å². The van der Waals surface area contributed by atoms with Crippen molar-refractivity contribution in [3.05, 3.63) is 108 Å². The minimum atomic E-state index is -1.54. The summed E-state index contributed by atoms with van der Waals surface area (Å²) in [4.78, 5) is 0. The first-order chi connectivity index (χ1) is 21.4. The topological polar surface area (TPSA) is 157 Å². The zero-order valence-corrected chi connectivity index (χ0v) is 24.2. The number of aliphatic hydroxyl groups is 5. The van der Waals surface area contributed by atoms with Crippen molar-refractivity contribution in [2.75, 3.05) is 13.2 Å². The SMILES string of the molecule is OCC(O)[C@@H]1OC(OC(COCc2ccccc2)[C@@H]2O[C@@H](O)[C@H](OCc3ccccc3)[C@H]2OCc2ccccc2)[C@H](O)[C@H]1O. The standard InChI is InChI=1S/C33H40O11/c34-16-24(35)28-26(36)27(37)33(44-28)42-25(20-39-17-21-10-4-1-5-11-21)29-30(40-18-22-12-6-2-7-13-22)31(32(38)43-29)41-19-23-14-8-3-9-15-23/h1-15,24-38H,16-20H2/t24?,25?,26-,27-,28+,29+,30+,31-,32-,33?/m1/s1. The molecule has 3 aromatic carbocycles. The van der Waals surface area contributed by atoms with Gasteiger partial charge in [-0.2, -0.15) is 0 Å². The minimum Gasteiger partial charge on any atom is -0.394 e. The smallest absolute Gasteiger partial charge is 0.187 e. The van der Waals surface area contributed by atoms with Crippen LogP contribution in [-0.4, -0.2) is 100 Å². The monoisotopic (exact) mass is 612 g/mol. The second-order valence-electron chi connectivity index (χ2n) is 10.9. The molecule has 0 aliphatic carbocycles. The average Bonchev–Trinajstić information content (AvgIpc) is 3.53. The Hall–Kier alpha value is -2.78. The van der Waals surface area contributed by atoms with Crippen LogP contribution in [0.5, 0.6) is 0 Å². The van der Waals surface area contributed by atoms with Crippen LogP contribution in [0.25, 0.3) is 0 Å². The van der Waals surface area contributed by atoms with Crippen LogP contribution in [0, 0.1) is 0 Å². The predicted octanol–water partition coefficient (Wildman–Crippen LogP) is 1.28. The third-order valence-corrected chi connectivity index (χ3v) is 7.69. The van der Waals surface area contributed by atoms with Gasteiger partial charge in [0, 0.05) is 0 Å². The first-order valence-corrected chi connectivity index (χ1v) is 14.7. The van der Waals surface area contributed by atoms with E-state index in [1.54, 1.807) is 0 Å². The molecule has 5 rings (SSSR count). The van der Waals surface area contributed by atoms with Gasteiger partial charge in [-0.05, 0) is 16.7 Å². The predicted molar refractivity (Wildman–Crippen MR) is 156 cm³/mol. The Morgan fingerprint density at radius 3 is 1.70 bits per heavy atom. The van der Waals surface area contributed by atoms with Crippen LogP contribution in [-0.2, 0) is 48.2 Å². The van der Waals surface area contributed by atoms with E-state index in [9.17, 15) is 25.5 Å². The molecule has 44 heavy (non-hydrogen) atoms. The van der Waals surface area contributed by atoms with Crippen molar-refractivity contribution in [2.24, 2.45) is 0 Å². The van der Waals surface area contributed by atoms with Gasteiger partial charge in [-0.25, -0.2) is 0 Å². The molecule has 2 fully saturated rings.